The number of carboxylic acids is 1. The van der Waals surface area contributed by atoms with Crippen molar-refractivity contribution in [2.24, 2.45) is 0 Å². The Bertz CT molecular complexity index is 270. The van der Waals surface area contributed by atoms with Crippen LogP contribution in [0.1, 0.15) is 18.2 Å². The number of hydrogen-bond acceptors (Lipinski definition) is 3. The van der Waals surface area contributed by atoms with Crippen molar-refractivity contribution in [3.8, 4) is 0 Å². The maximum absolute atomic E-state index is 10.4. The zero-order chi connectivity index (χ0) is 10.4. The molecule has 0 aliphatic heterocycles. The van der Waals surface area contributed by atoms with Gasteiger partial charge in [0.05, 0.1) is 6.42 Å². The van der Waals surface area contributed by atoms with E-state index < -0.39 is 5.97 Å². The van der Waals surface area contributed by atoms with Gasteiger partial charge in [-0.3, -0.25) is 4.79 Å². The summed E-state index contributed by atoms with van der Waals surface area (Å²) in [5.41, 5.74) is 0. The van der Waals surface area contributed by atoms with E-state index in [0.717, 1.165) is 12.2 Å². The van der Waals surface area contributed by atoms with Gasteiger partial charge in [-0.05, 0) is 23.6 Å². The van der Waals surface area contributed by atoms with Gasteiger partial charge in [-0.2, -0.15) is 11.8 Å². The molecule has 1 atom stereocenters. The normalized spacial score (nSPS) is 12.6. The summed E-state index contributed by atoms with van der Waals surface area (Å²) < 4.78 is 0. The molecule has 1 aromatic heterocycles. The fourth-order valence-corrected chi connectivity index (χ4v) is 2.96. The van der Waals surface area contributed by atoms with Crippen LogP contribution >= 0.6 is 23.1 Å². The van der Waals surface area contributed by atoms with Gasteiger partial charge in [-0.25, -0.2) is 0 Å². The Hall–Kier alpha value is -0.480. The summed E-state index contributed by atoms with van der Waals surface area (Å²) in [5.74, 6) is 0.302. The Balaban J connectivity index is 2.12. The van der Waals surface area contributed by atoms with E-state index in [-0.39, 0.29) is 11.7 Å². The summed E-state index contributed by atoms with van der Waals surface area (Å²) in [4.78, 5) is 11.8. The van der Waals surface area contributed by atoms with E-state index in [9.17, 15) is 4.79 Å². The molecule has 0 spiro atoms. The minimum absolute atomic E-state index is 0.215. The fourth-order valence-electron chi connectivity index (χ4n) is 1.12. The lowest BCUT2D eigenvalue weighted by molar-refractivity contribution is -0.136. The Morgan fingerprint density at radius 2 is 2.50 bits per heavy atom. The summed E-state index contributed by atoms with van der Waals surface area (Å²) >= 11 is 3.49. The third kappa shape index (κ3) is 4.67. The number of thiophene rings is 1. The maximum atomic E-state index is 10.4. The predicted molar refractivity (Wildman–Crippen MR) is 62.2 cm³/mol. The molecule has 0 radical (unpaired) electrons. The first-order valence-corrected chi connectivity index (χ1v) is 6.47. The smallest absolute Gasteiger partial charge is 0.304 e. The first-order valence-electron chi connectivity index (χ1n) is 4.54. The molecule has 0 aromatic carbocycles. The lowest BCUT2D eigenvalue weighted by Gasteiger charge is -2.06. The predicted octanol–water partition coefficient (Wildman–Crippen LogP) is 2.89. The summed E-state index contributed by atoms with van der Waals surface area (Å²) in [6, 6.07) is 4.17. The lowest BCUT2D eigenvalue weighted by atomic mass is 10.3. The first kappa shape index (κ1) is 11.6. The summed E-state index contributed by atoms with van der Waals surface area (Å²) in [7, 11) is 0. The molecule has 0 amide bonds. The van der Waals surface area contributed by atoms with Crippen LogP contribution in [0.15, 0.2) is 17.5 Å². The van der Waals surface area contributed by atoms with Crippen LogP contribution in [0.4, 0.5) is 0 Å². The molecule has 1 unspecified atom stereocenters. The van der Waals surface area contributed by atoms with Crippen LogP contribution in [0.25, 0.3) is 0 Å². The molecule has 2 nitrogen and oxygen atoms in total. The average Bonchev–Trinajstić information content (AvgIpc) is 2.55. The molecule has 78 valence electrons. The van der Waals surface area contributed by atoms with Gasteiger partial charge in [0.1, 0.15) is 0 Å². The van der Waals surface area contributed by atoms with Gasteiger partial charge in [0.25, 0.3) is 0 Å². The number of thioether (sulfide) groups is 1. The third-order valence-electron chi connectivity index (χ3n) is 1.79. The van der Waals surface area contributed by atoms with E-state index in [1.807, 2.05) is 13.0 Å². The number of rotatable bonds is 6. The SMILES string of the molecule is CC(CC(=O)O)SCCc1cccs1. The molecular formula is C10H14O2S2. The number of aryl methyl sites for hydroxylation is 1. The van der Waals surface area contributed by atoms with Crippen LogP contribution in [0.2, 0.25) is 0 Å². The van der Waals surface area contributed by atoms with Gasteiger partial charge in [0.2, 0.25) is 0 Å². The molecule has 0 bridgehead atoms. The number of hydrogen-bond donors (Lipinski definition) is 1. The van der Waals surface area contributed by atoms with Gasteiger partial charge >= 0.3 is 5.97 Å². The van der Waals surface area contributed by atoms with E-state index in [0.29, 0.717) is 0 Å². The van der Waals surface area contributed by atoms with Crippen LogP contribution in [0, 0.1) is 0 Å². The molecule has 0 aliphatic rings. The van der Waals surface area contributed by atoms with Crippen LogP contribution in [-0.2, 0) is 11.2 Å². The summed E-state index contributed by atoms with van der Waals surface area (Å²) in [6.45, 7) is 1.97. The highest BCUT2D eigenvalue weighted by Gasteiger charge is 2.07. The standard InChI is InChI=1S/C10H14O2S2/c1-8(7-10(11)12)13-6-4-9-3-2-5-14-9/h2-3,5,8H,4,6-7H2,1H3,(H,11,12). The van der Waals surface area contributed by atoms with Crippen molar-refractivity contribution in [1.29, 1.82) is 0 Å². The minimum Gasteiger partial charge on any atom is -0.481 e. The largest absolute Gasteiger partial charge is 0.481 e. The molecule has 1 heterocycles. The quantitative estimate of drug-likeness (QED) is 0.816. The molecule has 1 rings (SSSR count). The molecule has 0 saturated carbocycles. The molecule has 0 saturated heterocycles. The van der Waals surface area contributed by atoms with Gasteiger partial charge in [0, 0.05) is 10.1 Å². The Kier molecular flexibility index (Phi) is 5.04. The first-order chi connectivity index (χ1) is 6.68. The van der Waals surface area contributed by atoms with Gasteiger partial charge in [0.15, 0.2) is 0 Å². The fraction of sp³-hybridized carbons (Fsp3) is 0.500. The van der Waals surface area contributed by atoms with Crippen molar-refractivity contribution in [2.75, 3.05) is 5.75 Å². The molecule has 0 fully saturated rings. The number of carbonyl (C=O) groups is 1. The maximum Gasteiger partial charge on any atom is 0.304 e. The van der Waals surface area contributed by atoms with Crippen LogP contribution < -0.4 is 0 Å². The van der Waals surface area contributed by atoms with E-state index in [1.54, 1.807) is 23.1 Å². The van der Waals surface area contributed by atoms with Gasteiger partial charge in [-0.15, -0.1) is 11.3 Å². The molecule has 0 aliphatic carbocycles. The lowest BCUT2D eigenvalue weighted by Crippen LogP contribution is -2.06. The number of carboxylic acid groups (broad SMARTS) is 1. The average molecular weight is 230 g/mol. The van der Waals surface area contributed by atoms with Crippen molar-refractivity contribution < 1.29 is 9.90 Å². The van der Waals surface area contributed by atoms with Gasteiger partial charge < -0.3 is 5.11 Å². The highest BCUT2D eigenvalue weighted by molar-refractivity contribution is 7.99. The molecular weight excluding hydrogens is 216 g/mol. The Morgan fingerprint density at radius 3 is 3.07 bits per heavy atom. The van der Waals surface area contributed by atoms with Crippen molar-refractivity contribution in [3.05, 3.63) is 22.4 Å². The van der Waals surface area contributed by atoms with Crippen molar-refractivity contribution in [3.63, 3.8) is 0 Å². The molecule has 1 aromatic rings. The zero-order valence-electron chi connectivity index (χ0n) is 8.10. The number of aliphatic carboxylic acids is 1. The second-order valence-corrected chi connectivity index (χ2v) is 5.69. The topological polar surface area (TPSA) is 37.3 Å². The van der Waals surface area contributed by atoms with E-state index >= 15 is 0 Å². The second kappa shape index (κ2) is 6.09. The van der Waals surface area contributed by atoms with E-state index in [2.05, 4.69) is 11.4 Å². The van der Waals surface area contributed by atoms with Crippen molar-refractivity contribution >= 4 is 29.1 Å². The third-order valence-corrected chi connectivity index (χ3v) is 3.90. The summed E-state index contributed by atoms with van der Waals surface area (Å²) in [6.07, 6.45) is 1.31. The zero-order valence-corrected chi connectivity index (χ0v) is 9.74. The molecule has 4 heteroatoms. The highest BCUT2D eigenvalue weighted by atomic mass is 32.2. The van der Waals surface area contributed by atoms with Crippen LogP contribution in [0.3, 0.4) is 0 Å². The monoisotopic (exact) mass is 230 g/mol. The Morgan fingerprint density at radius 1 is 1.71 bits per heavy atom. The van der Waals surface area contributed by atoms with Crippen LogP contribution in [0.5, 0.6) is 0 Å². The van der Waals surface area contributed by atoms with Crippen molar-refractivity contribution in [2.45, 2.75) is 25.0 Å². The highest BCUT2D eigenvalue weighted by Crippen LogP contribution is 2.17. The van der Waals surface area contributed by atoms with Crippen LogP contribution in [-0.4, -0.2) is 22.1 Å². The molecule has 1 N–H and O–H groups in total. The van der Waals surface area contributed by atoms with E-state index in [4.69, 9.17) is 5.11 Å². The van der Waals surface area contributed by atoms with E-state index in [1.165, 1.54) is 4.88 Å². The molecule has 14 heavy (non-hydrogen) atoms. The minimum atomic E-state index is -0.707. The van der Waals surface area contributed by atoms with Crippen molar-refractivity contribution in [1.82, 2.24) is 0 Å². The Labute approximate surface area is 92.3 Å². The van der Waals surface area contributed by atoms with Gasteiger partial charge in [-0.1, -0.05) is 13.0 Å². The summed E-state index contributed by atoms with van der Waals surface area (Å²) in [5, 5.41) is 10.8. The second-order valence-electron chi connectivity index (χ2n) is 3.11.